The Bertz CT molecular complexity index is 407. The molecule has 0 radical (unpaired) electrons. The molecule has 1 fully saturated rings. The summed E-state index contributed by atoms with van der Waals surface area (Å²) >= 11 is 5.72. The summed E-state index contributed by atoms with van der Waals surface area (Å²) in [4.78, 5) is 20.5. The van der Waals surface area contributed by atoms with Gasteiger partial charge in [-0.15, -0.1) is 0 Å². The molecule has 0 aliphatic carbocycles. The first-order chi connectivity index (χ1) is 8.15. The van der Waals surface area contributed by atoms with Crippen molar-refractivity contribution in [2.24, 2.45) is 0 Å². The minimum atomic E-state index is -0.964. The Morgan fingerprint density at radius 2 is 2.24 bits per heavy atom. The summed E-state index contributed by atoms with van der Waals surface area (Å²) in [7, 11) is 0. The highest BCUT2D eigenvalue weighted by atomic mass is 35.5. The maximum Gasteiger partial charge on any atom is 0.404 e. The van der Waals surface area contributed by atoms with E-state index in [1.54, 1.807) is 12.3 Å². The molecule has 1 aliphatic rings. The zero-order valence-electron chi connectivity index (χ0n) is 9.14. The zero-order valence-corrected chi connectivity index (χ0v) is 9.89. The summed E-state index contributed by atoms with van der Waals surface area (Å²) in [6.45, 7) is 1.52. The molecule has 6 nitrogen and oxygen atoms in total. The van der Waals surface area contributed by atoms with Crippen LogP contribution in [0.25, 0.3) is 0 Å². The molecule has 0 spiro atoms. The number of amides is 1. The second-order valence-electron chi connectivity index (χ2n) is 3.89. The Hall–Kier alpha value is -1.56. The third kappa shape index (κ3) is 3.20. The fourth-order valence-electron chi connectivity index (χ4n) is 1.93. The van der Waals surface area contributed by atoms with Gasteiger partial charge in [0.1, 0.15) is 5.82 Å². The predicted octanol–water partition coefficient (Wildman–Crippen LogP) is 1.37. The number of anilines is 1. The van der Waals surface area contributed by atoms with Crippen molar-refractivity contribution >= 4 is 23.5 Å². The number of halogens is 1. The van der Waals surface area contributed by atoms with Crippen molar-refractivity contribution in [3.8, 4) is 0 Å². The van der Waals surface area contributed by atoms with Gasteiger partial charge in [0.25, 0.3) is 0 Å². The van der Waals surface area contributed by atoms with Crippen molar-refractivity contribution in [1.82, 2.24) is 15.3 Å². The van der Waals surface area contributed by atoms with Crippen LogP contribution >= 0.6 is 11.6 Å². The number of hydrogen-bond donors (Lipinski definition) is 2. The van der Waals surface area contributed by atoms with E-state index >= 15 is 0 Å². The van der Waals surface area contributed by atoms with Gasteiger partial charge in [-0.05, 0) is 30.5 Å². The predicted molar refractivity (Wildman–Crippen MR) is 63.4 cm³/mol. The quantitative estimate of drug-likeness (QED) is 0.782. The van der Waals surface area contributed by atoms with Gasteiger partial charge in [0.05, 0.1) is 0 Å². The van der Waals surface area contributed by atoms with Crippen molar-refractivity contribution in [2.75, 3.05) is 18.0 Å². The topological polar surface area (TPSA) is 78.4 Å². The summed E-state index contributed by atoms with van der Waals surface area (Å²) in [5, 5.41) is 11.3. The number of nitrogens with zero attached hydrogens (tertiary/aromatic N) is 3. The van der Waals surface area contributed by atoms with Crippen molar-refractivity contribution < 1.29 is 9.90 Å². The lowest BCUT2D eigenvalue weighted by molar-refractivity contribution is 0.187. The number of hydrogen-bond acceptors (Lipinski definition) is 4. The van der Waals surface area contributed by atoms with Crippen LogP contribution in [0.4, 0.5) is 10.6 Å². The molecule has 1 aromatic rings. The molecule has 1 aliphatic heterocycles. The standard InChI is InChI=1S/C10H13ClN4O2/c11-9-12-4-1-8(14-9)15-5-2-7(3-6-15)13-10(16)17/h1,4,7,13H,2-3,5-6H2,(H,16,17). The van der Waals surface area contributed by atoms with E-state index in [9.17, 15) is 4.79 Å². The Labute approximate surface area is 104 Å². The molecule has 2 rings (SSSR count). The van der Waals surface area contributed by atoms with Crippen LogP contribution in [-0.2, 0) is 0 Å². The van der Waals surface area contributed by atoms with Gasteiger partial charge < -0.3 is 15.3 Å². The van der Waals surface area contributed by atoms with E-state index in [1.807, 2.05) is 0 Å². The number of aromatic nitrogens is 2. The average Bonchev–Trinajstić information content (AvgIpc) is 2.29. The molecule has 0 bridgehead atoms. The van der Waals surface area contributed by atoms with Gasteiger partial charge in [-0.3, -0.25) is 0 Å². The monoisotopic (exact) mass is 256 g/mol. The van der Waals surface area contributed by atoms with E-state index in [-0.39, 0.29) is 11.3 Å². The van der Waals surface area contributed by atoms with Crippen LogP contribution in [0.2, 0.25) is 5.28 Å². The molecule has 0 atom stereocenters. The van der Waals surface area contributed by atoms with Gasteiger partial charge in [0.15, 0.2) is 0 Å². The largest absolute Gasteiger partial charge is 0.465 e. The van der Waals surface area contributed by atoms with Crippen molar-refractivity contribution in [1.29, 1.82) is 0 Å². The van der Waals surface area contributed by atoms with Crippen LogP contribution < -0.4 is 10.2 Å². The van der Waals surface area contributed by atoms with Gasteiger partial charge in [-0.25, -0.2) is 14.8 Å². The summed E-state index contributed by atoms with van der Waals surface area (Å²) in [6.07, 6.45) is 2.20. The first kappa shape index (κ1) is 11.9. The minimum Gasteiger partial charge on any atom is -0.465 e. The Balaban J connectivity index is 1.93. The molecular weight excluding hydrogens is 244 g/mol. The lowest BCUT2D eigenvalue weighted by Gasteiger charge is -2.32. The summed E-state index contributed by atoms with van der Waals surface area (Å²) in [5.74, 6) is 0.791. The van der Waals surface area contributed by atoms with Gasteiger partial charge in [-0.1, -0.05) is 0 Å². The van der Waals surface area contributed by atoms with Crippen molar-refractivity contribution in [3.05, 3.63) is 17.5 Å². The maximum absolute atomic E-state index is 10.5. The molecular formula is C10H13ClN4O2. The van der Waals surface area contributed by atoms with E-state index in [2.05, 4.69) is 20.2 Å². The van der Waals surface area contributed by atoms with Gasteiger partial charge >= 0.3 is 6.09 Å². The van der Waals surface area contributed by atoms with Crippen LogP contribution in [0.15, 0.2) is 12.3 Å². The van der Waals surface area contributed by atoms with Crippen LogP contribution in [0.5, 0.6) is 0 Å². The lowest BCUT2D eigenvalue weighted by Crippen LogP contribution is -2.44. The van der Waals surface area contributed by atoms with E-state index < -0.39 is 6.09 Å². The Morgan fingerprint density at radius 1 is 1.53 bits per heavy atom. The molecule has 0 aromatic carbocycles. The molecule has 1 amide bonds. The van der Waals surface area contributed by atoms with E-state index in [0.717, 1.165) is 31.7 Å². The summed E-state index contributed by atoms with van der Waals surface area (Å²) < 4.78 is 0. The highest BCUT2D eigenvalue weighted by molar-refractivity contribution is 6.28. The second kappa shape index (κ2) is 5.18. The third-order valence-electron chi connectivity index (χ3n) is 2.76. The van der Waals surface area contributed by atoms with Crippen LogP contribution in [-0.4, -0.2) is 40.3 Å². The van der Waals surface area contributed by atoms with Crippen molar-refractivity contribution in [3.63, 3.8) is 0 Å². The van der Waals surface area contributed by atoms with Crippen LogP contribution in [0.1, 0.15) is 12.8 Å². The first-order valence-electron chi connectivity index (χ1n) is 5.38. The highest BCUT2D eigenvalue weighted by Crippen LogP contribution is 2.18. The molecule has 0 saturated carbocycles. The zero-order chi connectivity index (χ0) is 12.3. The summed E-state index contributed by atoms with van der Waals surface area (Å²) in [5.41, 5.74) is 0. The third-order valence-corrected chi connectivity index (χ3v) is 2.94. The molecule has 1 aromatic heterocycles. The Morgan fingerprint density at radius 3 is 2.82 bits per heavy atom. The average molecular weight is 257 g/mol. The minimum absolute atomic E-state index is 0.0288. The number of carbonyl (C=O) groups is 1. The second-order valence-corrected chi connectivity index (χ2v) is 4.23. The van der Waals surface area contributed by atoms with E-state index in [4.69, 9.17) is 16.7 Å². The van der Waals surface area contributed by atoms with Crippen LogP contribution in [0.3, 0.4) is 0 Å². The fraction of sp³-hybridized carbons (Fsp3) is 0.500. The first-order valence-corrected chi connectivity index (χ1v) is 5.76. The molecule has 2 N–H and O–H groups in total. The van der Waals surface area contributed by atoms with Gasteiger partial charge in [0.2, 0.25) is 5.28 Å². The number of piperidine rings is 1. The summed E-state index contributed by atoms with van der Waals surface area (Å²) in [6, 6.07) is 1.83. The SMILES string of the molecule is O=C(O)NC1CCN(c2ccnc(Cl)n2)CC1. The smallest absolute Gasteiger partial charge is 0.404 e. The Kier molecular flexibility index (Phi) is 3.63. The molecule has 1 saturated heterocycles. The molecule has 92 valence electrons. The molecule has 17 heavy (non-hydrogen) atoms. The molecule has 0 unspecified atom stereocenters. The highest BCUT2D eigenvalue weighted by Gasteiger charge is 2.21. The number of carboxylic acid groups (broad SMARTS) is 1. The number of nitrogens with one attached hydrogen (secondary N) is 1. The van der Waals surface area contributed by atoms with Gasteiger partial charge in [0, 0.05) is 25.3 Å². The van der Waals surface area contributed by atoms with E-state index in [1.165, 1.54) is 0 Å². The number of rotatable bonds is 2. The maximum atomic E-state index is 10.5. The normalized spacial score (nSPS) is 16.9. The fourth-order valence-corrected chi connectivity index (χ4v) is 2.07. The molecule has 7 heteroatoms. The van der Waals surface area contributed by atoms with E-state index in [0.29, 0.717) is 0 Å². The van der Waals surface area contributed by atoms with Gasteiger partial charge in [-0.2, -0.15) is 0 Å². The lowest BCUT2D eigenvalue weighted by atomic mass is 10.1. The van der Waals surface area contributed by atoms with Crippen LogP contribution in [0, 0.1) is 0 Å². The molecule has 2 heterocycles. The van der Waals surface area contributed by atoms with Crippen molar-refractivity contribution in [2.45, 2.75) is 18.9 Å².